The maximum atomic E-state index is 6.08. The van der Waals surface area contributed by atoms with Crippen LogP contribution in [0.3, 0.4) is 0 Å². The molecule has 19 heavy (non-hydrogen) atoms. The van der Waals surface area contributed by atoms with Crippen LogP contribution in [0.1, 0.15) is 71.6 Å². The van der Waals surface area contributed by atoms with E-state index >= 15 is 0 Å². The number of nitrogens with zero attached hydrogens (tertiary/aromatic N) is 1. The highest BCUT2D eigenvalue weighted by Gasteiger charge is 2.31. The second kappa shape index (κ2) is 7.08. The van der Waals surface area contributed by atoms with Crippen LogP contribution in [0.4, 0.5) is 0 Å². The second-order valence-electron chi connectivity index (χ2n) is 7.33. The largest absolute Gasteiger partial charge is 0.329 e. The fourth-order valence-corrected chi connectivity index (χ4v) is 3.98. The zero-order chi connectivity index (χ0) is 13.7. The van der Waals surface area contributed by atoms with Crippen LogP contribution in [0.5, 0.6) is 0 Å². The SMILES string of the molecule is CCC1(C)CCN(C(CN)CC2CCCCC2)CC1. The quantitative estimate of drug-likeness (QED) is 0.820. The third-order valence-corrected chi connectivity index (χ3v) is 5.98. The summed E-state index contributed by atoms with van der Waals surface area (Å²) in [5.41, 5.74) is 6.68. The molecule has 0 bridgehead atoms. The molecule has 2 rings (SSSR count). The number of likely N-dealkylation sites (tertiary alicyclic amines) is 1. The van der Waals surface area contributed by atoms with E-state index in [0.29, 0.717) is 11.5 Å². The molecular formula is C17H34N2. The predicted molar refractivity (Wildman–Crippen MR) is 83.2 cm³/mol. The van der Waals surface area contributed by atoms with Crippen molar-refractivity contribution in [1.82, 2.24) is 4.90 Å². The van der Waals surface area contributed by atoms with Crippen molar-refractivity contribution in [1.29, 1.82) is 0 Å². The van der Waals surface area contributed by atoms with Gasteiger partial charge in [0.25, 0.3) is 0 Å². The first-order valence-electron chi connectivity index (χ1n) is 8.61. The summed E-state index contributed by atoms with van der Waals surface area (Å²) in [5, 5.41) is 0. The number of rotatable bonds is 5. The molecule has 0 aromatic rings. The summed E-state index contributed by atoms with van der Waals surface area (Å²) in [4.78, 5) is 2.70. The minimum Gasteiger partial charge on any atom is -0.329 e. The molecule has 2 fully saturated rings. The van der Waals surface area contributed by atoms with Gasteiger partial charge >= 0.3 is 0 Å². The minimum atomic E-state index is 0.598. The molecule has 2 aliphatic rings. The Morgan fingerprint density at radius 3 is 2.32 bits per heavy atom. The maximum absolute atomic E-state index is 6.08. The summed E-state index contributed by atoms with van der Waals surface area (Å²) < 4.78 is 0. The molecule has 1 unspecified atom stereocenters. The molecule has 0 aromatic carbocycles. The van der Waals surface area contributed by atoms with Gasteiger partial charge in [0.05, 0.1) is 0 Å². The summed E-state index contributed by atoms with van der Waals surface area (Å²) >= 11 is 0. The summed E-state index contributed by atoms with van der Waals surface area (Å²) in [7, 11) is 0. The lowest BCUT2D eigenvalue weighted by Gasteiger charge is -2.43. The van der Waals surface area contributed by atoms with Crippen molar-refractivity contribution in [3.05, 3.63) is 0 Å². The van der Waals surface area contributed by atoms with E-state index in [-0.39, 0.29) is 0 Å². The van der Waals surface area contributed by atoms with Crippen LogP contribution in [0, 0.1) is 11.3 Å². The first-order valence-corrected chi connectivity index (χ1v) is 8.61. The van der Waals surface area contributed by atoms with Crippen LogP contribution in [0.15, 0.2) is 0 Å². The molecule has 2 nitrogen and oxygen atoms in total. The fraction of sp³-hybridized carbons (Fsp3) is 1.00. The van der Waals surface area contributed by atoms with Crippen LogP contribution in [0.25, 0.3) is 0 Å². The van der Waals surface area contributed by atoms with Crippen molar-refractivity contribution >= 4 is 0 Å². The van der Waals surface area contributed by atoms with Crippen molar-refractivity contribution in [2.24, 2.45) is 17.1 Å². The molecule has 0 radical (unpaired) electrons. The third-order valence-electron chi connectivity index (χ3n) is 5.98. The highest BCUT2D eigenvalue weighted by Crippen LogP contribution is 2.36. The van der Waals surface area contributed by atoms with Crippen molar-refractivity contribution < 1.29 is 0 Å². The maximum Gasteiger partial charge on any atom is 0.0221 e. The summed E-state index contributed by atoms with van der Waals surface area (Å²) in [5.74, 6) is 0.960. The van der Waals surface area contributed by atoms with Gasteiger partial charge in [0.1, 0.15) is 0 Å². The number of hydrogen-bond donors (Lipinski definition) is 1. The molecule has 0 spiro atoms. The lowest BCUT2D eigenvalue weighted by atomic mass is 9.77. The molecule has 1 aliphatic carbocycles. The molecule has 0 amide bonds. The van der Waals surface area contributed by atoms with Crippen LogP contribution < -0.4 is 5.73 Å². The summed E-state index contributed by atoms with van der Waals surface area (Å²) in [6.45, 7) is 8.22. The monoisotopic (exact) mass is 266 g/mol. The molecule has 2 N–H and O–H groups in total. The van der Waals surface area contributed by atoms with Gasteiger partial charge in [0, 0.05) is 12.6 Å². The zero-order valence-electron chi connectivity index (χ0n) is 13.2. The van der Waals surface area contributed by atoms with Gasteiger partial charge in [-0.05, 0) is 43.7 Å². The Balaban J connectivity index is 1.81. The normalized spacial score (nSPS) is 27.3. The van der Waals surface area contributed by atoms with Gasteiger partial charge < -0.3 is 5.73 Å². The Bertz CT molecular complexity index is 250. The minimum absolute atomic E-state index is 0.598. The Morgan fingerprint density at radius 1 is 1.16 bits per heavy atom. The average Bonchev–Trinajstić information content (AvgIpc) is 2.47. The Kier molecular flexibility index (Phi) is 5.70. The highest BCUT2D eigenvalue weighted by atomic mass is 15.2. The molecule has 1 saturated carbocycles. The number of nitrogens with two attached hydrogens (primary N) is 1. The Labute approximate surface area is 120 Å². The van der Waals surface area contributed by atoms with Gasteiger partial charge in [-0.2, -0.15) is 0 Å². The van der Waals surface area contributed by atoms with Crippen LogP contribution >= 0.6 is 0 Å². The molecular weight excluding hydrogens is 232 g/mol. The van der Waals surface area contributed by atoms with E-state index in [0.717, 1.165) is 12.5 Å². The van der Waals surface area contributed by atoms with Gasteiger partial charge in [-0.3, -0.25) is 4.90 Å². The van der Waals surface area contributed by atoms with E-state index in [1.54, 1.807) is 0 Å². The highest BCUT2D eigenvalue weighted by molar-refractivity contribution is 4.86. The van der Waals surface area contributed by atoms with Crippen molar-refractivity contribution in [3.8, 4) is 0 Å². The van der Waals surface area contributed by atoms with E-state index in [2.05, 4.69) is 18.7 Å². The van der Waals surface area contributed by atoms with Gasteiger partial charge in [-0.1, -0.05) is 52.4 Å². The van der Waals surface area contributed by atoms with E-state index < -0.39 is 0 Å². The van der Waals surface area contributed by atoms with Crippen LogP contribution in [-0.4, -0.2) is 30.6 Å². The summed E-state index contributed by atoms with van der Waals surface area (Å²) in [6, 6.07) is 0.657. The molecule has 1 atom stereocenters. The Hall–Kier alpha value is -0.0800. The first-order chi connectivity index (χ1) is 9.17. The molecule has 2 heteroatoms. The van der Waals surface area contributed by atoms with Crippen LogP contribution in [-0.2, 0) is 0 Å². The lowest BCUT2D eigenvalue weighted by molar-refractivity contribution is 0.0702. The predicted octanol–water partition coefficient (Wildman–Crippen LogP) is 3.80. The molecule has 1 aliphatic heterocycles. The standard InChI is InChI=1S/C17H34N2/c1-3-17(2)9-11-19(12-10-17)16(14-18)13-15-7-5-4-6-8-15/h15-16H,3-14,18H2,1-2H3. The van der Waals surface area contributed by atoms with Crippen molar-refractivity contribution in [2.75, 3.05) is 19.6 Å². The smallest absolute Gasteiger partial charge is 0.0221 e. The number of hydrogen-bond acceptors (Lipinski definition) is 2. The zero-order valence-corrected chi connectivity index (χ0v) is 13.2. The summed E-state index contributed by atoms with van der Waals surface area (Å²) in [6.07, 6.45) is 12.7. The average molecular weight is 266 g/mol. The van der Waals surface area contributed by atoms with E-state index in [9.17, 15) is 0 Å². The molecule has 112 valence electrons. The molecule has 1 saturated heterocycles. The van der Waals surface area contributed by atoms with E-state index in [1.807, 2.05) is 0 Å². The van der Waals surface area contributed by atoms with E-state index in [1.165, 1.54) is 70.9 Å². The van der Waals surface area contributed by atoms with Crippen molar-refractivity contribution in [3.63, 3.8) is 0 Å². The van der Waals surface area contributed by atoms with Crippen molar-refractivity contribution in [2.45, 2.75) is 77.7 Å². The second-order valence-corrected chi connectivity index (χ2v) is 7.33. The van der Waals surface area contributed by atoms with Gasteiger partial charge in [-0.15, -0.1) is 0 Å². The Morgan fingerprint density at radius 2 is 1.79 bits per heavy atom. The van der Waals surface area contributed by atoms with Crippen LogP contribution in [0.2, 0.25) is 0 Å². The van der Waals surface area contributed by atoms with Gasteiger partial charge in [0.15, 0.2) is 0 Å². The first kappa shape index (κ1) is 15.3. The van der Waals surface area contributed by atoms with E-state index in [4.69, 9.17) is 5.73 Å². The van der Waals surface area contributed by atoms with Gasteiger partial charge in [0.2, 0.25) is 0 Å². The fourth-order valence-electron chi connectivity index (χ4n) is 3.98. The molecule has 1 heterocycles. The number of piperidine rings is 1. The topological polar surface area (TPSA) is 29.3 Å². The molecule has 0 aromatic heterocycles. The van der Waals surface area contributed by atoms with Gasteiger partial charge in [-0.25, -0.2) is 0 Å². The lowest BCUT2D eigenvalue weighted by Crippen LogP contribution is -2.48. The third kappa shape index (κ3) is 4.19.